The monoisotopic (exact) mass is 309 g/mol. The van der Waals surface area contributed by atoms with E-state index >= 15 is 0 Å². The molecule has 0 spiro atoms. The van der Waals surface area contributed by atoms with Crippen molar-refractivity contribution in [3.05, 3.63) is 58.4 Å². The Morgan fingerprint density at radius 2 is 1.90 bits per heavy atom. The highest BCUT2D eigenvalue weighted by Crippen LogP contribution is 2.26. The highest BCUT2D eigenvalue weighted by Gasteiger charge is 2.10. The lowest BCUT2D eigenvalue weighted by Gasteiger charge is -2.12. The van der Waals surface area contributed by atoms with Crippen molar-refractivity contribution in [2.75, 3.05) is 7.11 Å². The molecule has 2 aromatic rings. The molecule has 0 radical (unpaired) electrons. The van der Waals surface area contributed by atoms with Crippen LogP contribution in [0.3, 0.4) is 0 Å². The van der Waals surface area contributed by atoms with Gasteiger partial charge in [-0.25, -0.2) is 4.39 Å². The standard InChI is InChI=1S/C16H17ClFNO2/c1-10(19)11-3-5-16(14(18)8-11)21-9-12-7-13(17)4-6-15(12)20-2/h3-8,10H,9,19H2,1-2H3/t10-/m0/s1. The van der Waals surface area contributed by atoms with Crippen LogP contribution in [0.5, 0.6) is 11.5 Å². The van der Waals surface area contributed by atoms with Gasteiger partial charge in [-0.2, -0.15) is 0 Å². The Morgan fingerprint density at radius 3 is 2.52 bits per heavy atom. The van der Waals surface area contributed by atoms with E-state index in [1.165, 1.54) is 6.07 Å². The lowest BCUT2D eigenvalue weighted by Crippen LogP contribution is -2.06. The van der Waals surface area contributed by atoms with Gasteiger partial charge in [0.1, 0.15) is 12.4 Å². The van der Waals surface area contributed by atoms with Gasteiger partial charge in [-0.15, -0.1) is 0 Å². The van der Waals surface area contributed by atoms with Crippen LogP contribution in [-0.4, -0.2) is 7.11 Å². The average Bonchev–Trinajstić information content (AvgIpc) is 2.46. The summed E-state index contributed by atoms with van der Waals surface area (Å²) in [6, 6.07) is 9.69. The zero-order valence-corrected chi connectivity index (χ0v) is 12.7. The number of rotatable bonds is 5. The van der Waals surface area contributed by atoms with Crippen molar-refractivity contribution in [2.45, 2.75) is 19.6 Å². The second-order valence-corrected chi connectivity index (χ2v) is 5.16. The Hall–Kier alpha value is -1.78. The van der Waals surface area contributed by atoms with E-state index in [9.17, 15) is 4.39 Å². The summed E-state index contributed by atoms with van der Waals surface area (Å²) in [5.41, 5.74) is 7.19. The molecule has 0 bridgehead atoms. The summed E-state index contributed by atoms with van der Waals surface area (Å²) >= 11 is 5.94. The summed E-state index contributed by atoms with van der Waals surface area (Å²) in [5, 5.41) is 0.571. The number of ether oxygens (including phenoxy) is 2. The minimum Gasteiger partial charge on any atom is -0.496 e. The molecular formula is C16H17ClFNO2. The van der Waals surface area contributed by atoms with Crippen molar-refractivity contribution in [1.29, 1.82) is 0 Å². The third-order valence-electron chi connectivity index (χ3n) is 3.11. The predicted octanol–water partition coefficient (Wildman–Crippen LogP) is 4.09. The minimum atomic E-state index is -0.439. The summed E-state index contributed by atoms with van der Waals surface area (Å²) in [6.07, 6.45) is 0. The molecule has 0 aromatic heterocycles. The highest BCUT2D eigenvalue weighted by molar-refractivity contribution is 6.30. The van der Waals surface area contributed by atoms with Crippen LogP contribution in [0.1, 0.15) is 24.1 Å². The Bertz CT molecular complexity index is 632. The molecule has 0 unspecified atom stereocenters. The second-order valence-electron chi connectivity index (χ2n) is 4.72. The van der Waals surface area contributed by atoms with Crippen molar-refractivity contribution in [1.82, 2.24) is 0 Å². The summed E-state index contributed by atoms with van der Waals surface area (Å²) in [5.74, 6) is 0.374. The molecule has 5 heteroatoms. The SMILES string of the molecule is COc1ccc(Cl)cc1COc1ccc([C@H](C)N)cc1F. The molecule has 21 heavy (non-hydrogen) atoms. The minimum absolute atomic E-state index is 0.165. The molecular weight excluding hydrogens is 293 g/mol. The van der Waals surface area contributed by atoms with E-state index in [-0.39, 0.29) is 18.4 Å². The zero-order chi connectivity index (χ0) is 15.4. The molecule has 2 N–H and O–H groups in total. The first-order valence-corrected chi connectivity index (χ1v) is 6.89. The van der Waals surface area contributed by atoms with Gasteiger partial charge in [-0.1, -0.05) is 17.7 Å². The lowest BCUT2D eigenvalue weighted by molar-refractivity contribution is 0.282. The lowest BCUT2D eigenvalue weighted by atomic mass is 10.1. The fraction of sp³-hybridized carbons (Fsp3) is 0.250. The Labute approximate surface area is 128 Å². The average molecular weight is 310 g/mol. The number of benzene rings is 2. The van der Waals surface area contributed by atoms with Crippen LogP contribution in [0.4, 0.5) is 4.39 Å². The quantitative estimate of drug-likeness (QED) is 0.905. The van der Waals surface area contributed by atoms with Gasteiger partial charge in [0, 0.05) is 16.6 Å². The highest BCUT2D eigenvalue weighted by atomic mass is 35.5. The van der Waals surface area contributed by atoms with Crippen LogP contribution in [0, 0.1) is 5.82 Å². The molecule has 0 fully saturated rings. The fourth-order valence-corrected chi connectivity index (χ4v) is 2.13. The zero-order valence-electron chi connectivity index (χ0n) is 11.9. The van der Waals surface area contributed by atoms with Gasteiger partial charge in [-0.05, 0) is 42.8 Å². The van der Waals surface area contributed by atoms with E-state index in [0.717, 1.165) is 11.1 Å². The van der Waals surface area contributed by atoms with E-state index in [0.29, 0.717) is 10.8 Å². The van der Waals surface area contributed by atoms with Crippen molar-refractivity contribution < 1.29 is 13.9 Å². The first-order chi connectivity index (χ1) is 10.0. The van der Waals surface area contributed by atoms with Gasteiger partial charge in [0.15, 0.2) is 11.6 Å². The van der Waals surface area contributed by atoms with Crippen molar-refractivity contribution in [3.8, 4) is 11.5 Å². The smallest absolute Gasteiger partial charge is 0.165 e. The largest absolute Gasteiger partial charge is 0.496 e. The first kappa shape index (κ1) is 15.6. The van der Waals surface area contributed by atoms with Gasteiger partial charge in [0.25, 0.3) is 0 Å². The molecule has 0 amide bonds. The molecule has 0 saturated heterocycles. The van der Waals surface area contributed by atoms with E-state index in [2.05, 4.69) is 0 Å². The molecule has 112 valence electrons. The van der Waals surface area contributed by atoms with Crippen LogP contribution in [-0.2, 0) is 6.61 Å². The third-order valence-corrected chi connectivity index (χ3v) is 3.34. The Kier molecular flexibility index (Phi) is 5.04. The molecule has 1 atom stereocenters. The van der Waals surface area contributed by atoms with Gasteiger partial charge in [-0.3, -0.25) is 0 Å². The third kappa shape index (κ3) is 3.86. The van der Waals surface area contributed by atoms with Crippen LogP contribution >= 0.6 is 11.6 Å². The maximum absolute atomic E-state index is 13.9. The van der Waals surface area contributed by atoms with Crippen LogP contribution in [0.15, 0.2) is 36.4 Å². The second kappa shape index (κ2) is 6.78. The number of halogens is 2. The van der Waals surface area contributed by atoms with Crippen LogP contribution < -0.4 is 15.2 Å². The molecule has 0 aliphatic carbocycles. The Morgan fingerprint density at radius 1 is 1.19 bits per heavy atom. The fourth-order valence-electron chi connectivity index (χ4n) is 1.93. The van der Waals surface area contributed by atoms with Crippen LogP contribution in [0.25, 0.3) is 0 Å². The van der Waals surface area contributed by atoms with Gasteiger partial charge < -0.3 is 15.2 Å². The predicted molar refractivity (Wildman–Crippen MR) is 81.3 cm³/mol. The molecule has 2 rings (SSSR count). The number of methoxy groups -OCH3 is 1. The Balaban J connectivity index is 2.15. The molecule has 0 aliphatic heterocycles. The molecule has 0 saturated carbocycles. The van der Waals surface area contributed by atoms with E-state index < -0.39 is 5.82 Å². The topological polar surface area (TPSA) is 44.5 Å². The van der Waals surface area contributed by atoms with Crippen molar-refractivity contribution >= 4 is 11.6 Å². The number of nitrogens with two attached hydrogens (primary N) is 1. The summed E-state index contributed by atoms with van der Waals surface area (Å²) in [7, 11) is 1.56. The molecule has 2 aromatic carbocycles. The van der Waals surface area contributed by atoms with Crippen LogP contribution in [0.2, 0.25) is 5.02 Å². The number of hydrogen-bond donors (Lipinski definition) is 1. The molecule has 3 nitrogen and oxygen atoms in total. The summed E-state index contributed by atoms with van der Waals surface area (Å²) in [4.78, 5) is 0. The van der Waals surface area contributed by atoms with E-state index in [1.807, 2.05) is 0 Å². The van der Waals surface area contributed by atoms with E-state index in [1.54, 1.807) is 44.4 Å². The molecule has 0 heterocycles. The number of hydrogen-bond acceptors (Lipinski definition) is 3. The molecule has 0 aliphatic rings. The van der Waals surface area contributed by atoms with Crippen molar-refractivity contribution in [2.24, 2.45) is 5.73 Å². The van der Waals surface area contributed by atoms with E-state index in [4.69, 9.17) is 26.8 Å². The normalized spacial score (nSPS) is 12.0. The first-order valence-electron chi connectivity index (χ1n) is 6.51. The maximum Gasteiger partial charge on any atom is 0.165 e. The maximum atomic E-state index is 13.9. The van der Waals surface area contributed by atoms with Gasteiger partial charge >= 0.3 is 0 Å². The van der Waals surface area contributed by atoms with Crippen molar-refractivity contribution in [3.63, 3.8) is 0 Å². The summed E-state index contributed by atoms with van der Waals surface area (Å²) < 4.78 is 24.7. The van der Waals surface area contributed by atoms with Gasteiger partial charge in [0.2, 0.25) is 0 Å². The van der Waals surface area contributed by atoms with Gasteiger partial charge in [0.05, 0.1) is 7.11 Å². The summed E-state index contributed by atoms with van der Waals surface area (Å²) in [6.45, 7) is 1.96.